The molecule has 0 bridgehead atoms. The van der Waals surface area contributed by atoms with Crippen molar-refractivity contribution >= 4 is 22.8 Å². The van der Waals surface area contributed by atoms with Gasteiger partial charge >= 0.3 is 0 Å². The fraction of sp³-hybridized carbons (Fsp3) is 0.194. The summed E-state index contributed by atoms with van der Waals surface area (Å²) in [5.41, 5.74) is 6.37. The Labute approximate surface area is 231 Å². The quantitative estimate of drug-likeness (QED) is 0.216. The van der Waals surface area contributed by atoms with E-state index in [9.17, 15) is 14.4 Å². The largest absolute Gasteiger partial charge is 0.365 e. The highest BCUT2D eigenvalue weighted by Crippen LogP contribution is 2.25. The van der Waals surface area contributed by atoms with Crippen LogP contribution >= 0.6 is 0 Å². The number of carbonyl (C=O) groups is 1. The Morgan fingerprint density at radius 3 is 2.50 bits per heavy atom. The molecule has 3 N–H and O–H groups in total. The molecule has 5 rings (SSSR count). The van der Waals surface area contributed by atoms with Gasteiger partial charge < -0.3 is 10.6 Å². The second kappa shape index (κ2) is 12.2. The first kappa shape index (κ1) is 26.5. The molecule has 3 aromatic heterocycles. The minimum Gasteiger partial charge on any atom is -0.365 e. The third kappa shape index (κ3) is 6.13. The molecule has 40 heavy (non-hydrogen) atoms. The lowest BCUT2D eigenvalue weighted by Crippen LogP contribution is -2.27. The Balaban J connectivity index is 1.25. The Bertz CT molecular complexity index is 1670. The molecule has 0 aliphatic carbocycles. The summed E-state index contributed by atoms with van der Waals surface area (Å²) in [6.07, 6.45) is 5.76. The third-order valence-electron chi connectivity index (χ3n) is 6.61. The Morgan fingerprint density at radius 1 is 0.975 bits per heavy atom. The molecule has 8 nitrogen and oxygen atoms in total. The van der Waals surface area contributed by atoms with E-state index in [4.69, 9.17) is 0 Å². The minimum atomic E-state index is -0.339. The van der Waals surface area contributed by atoms with Crippen molar-refractivity contribution in [2.75, 3.05) is 11.9 Å². The monoisotopic (exact) mass is 533 g/mol. The first-order valence-electron chi connectivity index (χ1n) is 13.1. The second-order valence-corrected chi connectivity index (χ2v) is 9.46. The number of aryl methyl sites for hydroxylation is 1. The van der Waals surface area contributed by atoms with Crippen LogP contribution in [-0.2, 0) is 19.4 Å². The summed E-state index contributed by atoms with van der Waals surface area (Å²) >= 11 is 0. The van der Waals surface area contributed by atoms with Crippen LogP contribution in [0.2, 0.25) is 0 Å². The van der Waals surface area contributed by atoms with Crippen molar-refractivity contribution in [3.05, 3.63) is 107 Å². The first-order chi connectivity index (χ1) is 19.5. The van der Waals surface area contributed by atoms with Crippen molar-refractivity contribution in [1.82, 2.24) is 25.5 Å². The number of hydrogen-bond donors (Lipinski definition) is 3. The lowest BCUT2D eigenvalue weighted by atomic mass is 10.0. The van der Waals surface area contributed by atoms with Crippen LogP contribution < -0.4 is 10.6 Å². The van der Waals surface area contributed by atoms with Gasteiger partial charge in [-0.3, -0.25) is 9.89 Å². The van der Waals surface area contributed by atoms with E-state index in [0.29, 0.717) is 30.9 Å². The topological polar surface area (TPSA) is 119 Å². The van der Waals surface area contributed by atoms with Gasteiger partial charge in [-0.1, -0.05) is 49.7 Å². The molecule has 0 radical (unpaired) electrons. The number of rotatable bonds is 10. The van der Waals surface area contributed by atoms with Gasteiger partial charge in [0.05, 0.1) is 11.1 Å². The fourth-order valence-electron chi connectivity index (χ4n) is 4.46. The summed E-state index contributed by atoms with van der Waals surface area (Å²) in [6.45, 7) is 2.94. The van der Waals surface area contributed by atoms with Crippen molar-refractivity contribution in [3.63, 3.8) is 0 Å². The van der Waals surface area contributed by atoms with E-state index in [1.807, 2.05) is 36.5 Å². The number of amides is 1. The summed E-state index contributed by atoms with van der Waals surface area (Å²) < 4.78 is 13.1. The van der Waals surface area contributed by atoms with Gasteiger partial charge in [-0.25, -0.2) is 14.4 Å². The van der Waals surface area contributed by atoms with Gasteiger partial charge in [-0.05, 0) is 53.8 Å². The smallest absolute Gasteiger partial charge is 0.255 e. The molecular weight excluding hydrogens is 505 g/mol. The van der Waals surface area contributed by atoms with Crippen molar-refractivity contribution < 1.29 is 9.18 Å². The van der Waals surface area contributed by atoms with E-state index in [-0.39, 0.29) is 17.3 Å². The van der Waals surface area contributed by atoms with Gasteiger partial charge in [-0.2, -0.15) is 10.4 Å². The van der Waals surface area contributed by atoms with Crippen LogP contribution in [0.25, 0.3) is 22.2 Å². The molecule has 3 heterocycles. The molecule has 5 aromatic rings. The van der Waals surface area contributed by atoms with Gasteiger partial charge in [0.2, 0.25) is 0 Å². The van der Waals surface area contributed by atoms with Crippen LogP contribution in [0.4, 0.5) is 10.2 Å². The lowest BCUT2D eigenvalue weighted by molar-refractivity contribution is 0.0954. The molecule has 9 heteroatoms. The van der Waals surface area contributed by atoms with Crippen LogP contribution in [-0.4, -0.2) is 32.6 Å². The molecule has 200 valence electrons. The lowest BCUT2D eigenvalue weighted by Gasteiger charge is -2.12. The number of aromatic amines is 1. The zero-order valence-corrected chi connectivity index (χ0v) is 22.0. The number of hydrogen-bond acceptors (Lipinski definition) is 6. The predicted molar refractivity (Wildman–Crippen MR) is 152 cm³/mol. The van der Waals surface area contributed by atoms with Gasteiger partial charge in [0.25, 0.3) is 5.91 Å². The number of nitrogens with zero attached hydrogens (tertiary/aromatic N) is 4. The van der Waals surface area contributed by atoms with Gasteiger partial charge in [0.15, 0.2) is 5.65 Å². The number of benzene rings is 2. The number of anilines is 1. The average Bonchev–Trinajstić information content (AvgIpc) is 3.39. The average molecular weight is 534 g/mol. The number of aromatic nitrogens is 4. The van der Waals surface area contributed by atoms with Gasteiger partial charge in [0, 0.05) is 42.1 Å². The first-order valence-corrected chi connectivity index (χ1v) is 13.1. The van der Waals surface area contributed by atoms with E-state index < -0.39 is 0 Å². The molecule has 0 fully saturated rings. The molecule has 0 saturated carbocycles. The summed E-state index contributed by atoms with van der Waals surface area (Å²) in [5.74, 6) is -0.249. The van der Waals surface area contributed by atoms with Crippen LogP contribution in [0.3, 0.4) is 0 Å². The SMILES string of the molecule is CCCc1[nH]nc2ncc(-c3ccc(CNc4ncc(C#N)cc4C(=O)NCCc4ccc(F)cc4)cc3)cc12. The summed E-state index contributed by atoms with van der Waals surface area (Å²) in [7, 11) is 0. The highest BCUT2D eigenvalue weighted by Gasteiger charge is 2.14. The number of H-pyrrole nitrogens is 1. The zero-order chi connectivity index (χ0) is 27.9. The number of pyridine rings is 2. The molecular formula is C31H28FN7O. The molecule has 2 aromatic carbocycles. The maximum absolute atomic E-state index is 13.1. The Hall–Kier alpha value is -5.10. The Morgan fingerprint density at radius 2 is 1.75 bits per heavy atom. The number of carbonyl (C=O) groups excluding carboxylic acids is 1. The molecule has 0 aliphatic rings. The van der Waals surface area contributed by atoms with Crippen LogP contribution in [0.5, 0.6) is 0 Å². The number of nitriles is 1. The molecule has 0 aliphatic heterocycles. The van der Waals surface area contributed by atoms with Crippen LogP contribution in [0, 0.1) is 17.1 Å². The van der Waals surface area contributed by atoms with E-state index in [1.54, 1.807) is 12.1 Å². The number of halogens is 1. The highest BCUT2D eigenvalue weighted by molar-refractivity contribution is 5.99. The van der Waals surface area contributed by atoms with Crippen LogP contribution in [0.15, 0.2) is 73.1 Å². The Kier molecular flexibility index (Phi) is 8.07. The number of nitrogens with one attached hydrogen (secondary N) is 3. The maximum atomic E-state index is 13.1. The van der Waals surface area contributed by atoms with Crippen molar-refractivity contribution in [1.29, 1.82) is 5.26 Å². The van der Waals surface area contributed by atoms with E-state index in [0.717, 1.165) is 51.8 Å². The normalized spacial score (nSPS) is 10.8. The molecule has 0 atom stereocenters. The zero-order valence-electron chi connectivity index (χ0n) is 22.0. The maximum Gasteiger partial charge on any atom is 0.255 e. The standard InChI is InChI=1S/C31H28FN7O/c1-2-3-28-26-15-24(19-37-30(26)39-38-28)23-8-4-21(5-9-23)17-35-29-27(14-22(16-33)18-36-29)31(40)34-13-12-20-6-10-25(32)11-7-20/h4-11,14-15,18-19H,2-3,12-13,17H2,1H3,(H,34,40)(H,35,36)(H,37,38,39). The van der Waals surface area contributed by atoms with E-state index in [1.165, 1.54) is 24.4 Å². The van der Waals surface area contributed by atoms with Crippen molar-refractivity contribution in [2.24, 2.45) is 0 Å². The van der Waals surface area contributed by atoms with E-state index >= 15 is 0 Å². The molecule has 0 spiro atoms. The second-order valence-electron chi connectivity index (χ2n) is 9.46. The molecule has 0 saturated heterocycles. The van der Waals surface area contributed by atoms with Crippen molar-refractivity contribution in [2.45, 2.75) is 32.7 Å². The summed E-state index contributed by atoms with van der Waals surface area (Å²) in [4.78, 5) is 21.8. The number of fused-ring (bicyclic) bond motifs is 1. The van der Waals surface area contributed by atoms with Crippen LogP contribution in [0.1, 0.15) is 46.1 Å². The minimum absolute atomic E-state index is 0.289. The summed E-state index contributed by atoms with van der Waals surface area (Å²) in [6, 6.07) is 19.9. The van der Waals surface area contributed by atoms with E-state index in [2.05, 4.69) is 43.8 Å². The van der Waals surface area contributed by atoms with Crippen molar-refractivity contribution in [3.8, 4) is 17.2 Å². The summed E-state index contributed by atoms with van der Waals surface area (Å²) in [5, 5.41) is 23.8. The van der Waals surface area contributed by atoms with Gasteiger partial charge in [0.1, 0.15) is 17.7 Å². The molecule has 1 amide bonds. The highest BCUT2D eigenvalue weighted by atomic mass is 19.1. The van der Waals surface area contributed by atoms with Gasteiger partial charge in [-0.15, -0.1) is 0 Å². The predicted octanol–water partition coefficient (Wildman–Crippen LogP) is 5.57. The third-order valence-corrected chi connectivity index (χ3v) is 6.61. The fourth-order valence-corrected chi connectivity index (χ4v) is 4.46. The molecule has 0 unspecified atom stereocenters.